The minimum atomic E-state index is -1.16. The quantitative estimate of drug-likeness (QED) is 0.941. The molecule has 17 heavy (non-hydrogen) atoms. The fourth-order valence-electron chi connectivity index (χ4n) is 1.18. The van der Waals surface area contributed by atoms with Crippen molar-refractivity contribution >= 4 is 21.9 Å². The molecule has 5 nitrogen and oxygen atoms in total. The lowest BCUT2D eigenvalue weighted by atomic mass is 10.2. The normalized spacial score (nSPS) is 10.2. The summed E-state index contributed by atoms with van der Waals surface area (Å²) in [5.41, 5.74) is 0.807. The lowest BCUT2D eigenvalue weighted by Crippen LogP contribution is -1.95. The van der Waals surface area contributed by atoms with Crippen LogP contribution in [0.2, 0.25) is 0 Å². The number of nitrogens with zero attached hydrogens (tertiary/aromatic N) is 1. The van der Waals surface area contributed by atoms with Gasteiger partial charge < -0.3 is 14.3 Å². The number of hydrogen-bond donors (Lipinski definition) is 1. The van der Waals surface area contributed by atoms with Gasteiger partial charge in [-0.25, -0.2) is 4.79 Å². The molecule has 0 radical (unpaired) electrons. The fraction of sp³-hybridized carbons (Fsp3) is 0.0909. The Kier molecular flexibility index (Phi) is 3.14. The Morgan fingerprint density at radius 3 is 2.88 bits per heavy atom. The van der Waals surface area contributed by atoms with Crippen LogP contribution in [-0.4, -0.2) is 16.1 Å². The van der Waals surface area contributed by atoms with Crippen molar-refractivity contribution in [3.8, 4) is 11.8 Å². The molecule has 0 aliphatic carbocycles. The minimum absolute atomic E-state index is 0.0934. The smallest absolute Gasteiger partial charge is 0.399 e. The molecule has 0 fully saturated rings. The Morgan fingerprint density at radius 1 is 1.53 bits per heavy atom. The highest BCUT2D eigenvalue weighted by Crippen LogP contribution is 2.25. The van der Waals surface area contributed by atoms with Crippen LogP contribution in [0.25, 0.3) is 0 Å². The molecule has 6 heteroatoms. The second-order valence-electron chi connectivity index (χ2n) is 3.32. The molecular formula is C11H8BrNO4. The predicted molar refractivity (Wildman–Crippen MR) is 62.4 cm³/mol. The Balaban J connectivity index is 2.19. The highest BCUT2D eigenvalue weighted by molar-refractivity contribution is 9.10. The second-order valence-corrected chi connectivity index (χ2v) is 4.17. The maximum absolute atomic E-state index is 10.6. The second kappa shape index (κ2) is 4.58. The van der Waals surface area contributed by atoms with Crippen LogP contribution in [0.1, 0.15) is 16.1 Å². The van der Waals surface area contributed by atoms with Crippen LogP contribution in [0, 0.1) is 6.92 Å². The molecule has 0 unspecified atom stereocenters. The van der Waals surface area contributed by atoms with Crippen LogP contribution in [0.5, 0.6) is 11.8 Å². The largest absolute Gasteiger partial charge is 0.476 e. The summed E-state index contributed by atoms with van der Waals surface area (Å²) in [5, 5.41) is 8.66. The number of halogens is 1. The van der Waals surface area contributed by atoms with Gasteiger partial charge in [0.1, 0.15) is 12.0 Å². The maximum atomic E-state index is 10.6. The summed E-state index contributed by atoms with van der Waals surface area (Å²) in [6.07, 6.45) is 0.938. The van der Waals surface area contributed by atoms with Gasteiger partial charge in [0.15, 0.2) is 5.69 Å². The zero-order valence-electron chi connectivity index (χ0n) is 8.81. The van der Waals surface area contributed by atoms with Gasteiger partial charge in [0.05, 0.1) is 0 Å². The molecule has 0 aliphatic heterocycles. The maximum Gasteiger partial charge on any atom is 0.399 e. The summed E-state index contributed by atoms with van der Waals surface area (Å²) < 4.78 is 11.1. The zero-order chi connectivity index (χ0) is 12.4. The van der Waals surface area contributed by atoms with E-state index in [4.69, 9.17) is 14.3 Å². The van der Waals surface area contributed by atoms with Crippen molar-refractivity contribution in [2.75, 3.05) is 0 Å². The van der Waals surface area contributed by atoms with Crippen molar-refractivity contribution < 1.29 is 19.1 Å². The molecule has 0 aliphatic rings. The Bertz CT molecular complexity index is 564. The van der Waals surface area contributed by atoms with Crippen molar-refractivity contribution in [2.24, 2.45) is 0 Å². The number of benzene rings is 1. The van der Waals surface area contributed by atoms with Gasteiger partial charge in [0.25, 0.3) is 0 Å². The number of carboxylic acid groups (broad SMARTS) is 1. The summed E-state index contributed by atoms with van der Waals surface area (Å²) in [4.78, 5) is 14.2. The van der Waals surface area contributed by atoms with Crippen LogP contribution < -0.4 is 4.74 Å². The Hall–Kier alpha value is -1.82. The van der Waals surface area contributed by atoms with Gasteiger partial charge >= 0.3 is 12.0 Å². The molecule has 0 atom stereocenters. The van der Waals surface area contributed by atoms with E-state index in [9.17, 15) is 4.79 Å². The van der Waals surface area contributed by atoms with Crippen LogP contribution in [0.15, 0.2) is 33.4 Å². The topological polar surface area (TPSA) is 72.6 Å². The van der Waals surface area contributed by atoms with Crippen molar-refractivity contribution in [1.82, 2.24) is 4.98 Å². The van der Waals surface area contributed by atoms with E-state index in [1.54, 1.807) is 12.1 Å². The molecule has 2 aromatic rings. The van der Waals surface area contributed by atoms with Gasteiger partial charge in [-0.05, 0) is 30.7 Å². The van der Waals surface area contributed by atoms with E-state index in [1.165, 1.54) is 0 Å². The van der Waals surface area contributed by atoms with Gasteiger partial charge in [-0.1, -0.05) is 15.9 Å². The SMILES string of the molecule is Cc1cc(Oc2nc(C(=O)O)co2)ccc1Br. The van der Waals surface area contributed by atoms with Gasteiger partial charge in [-0.15, -0.1) is 0 Å². The molecule has 1 aromatic heterocycles. The monoisotopic (exact) mass is 297 g/mol. The van der Waals surface area contributed by atoms with E-state index in [-0.39, 0.29) is 11.8 Å². The molecule has 1 N–H and O–H groups in total. The summed E-state index contributed by atoms with van der Waals surface area (Å²) in [6, 6.07) is 5.34. The van der Waals surface area contributed by atoms with Crippen molar-refractivity contribution in [3.63, 3.8) is 0 Å². The van der Waals surface area contributed by atoms with Gasteiger partial charge in [-0.2, -0.15) is 4.98 Å². The highest BCUT2D eigenvalue weighted by atomic mass is 79.9. The molecule has 0 spiro atoms. The number of rotatable bonds is 3. The fourth-order valence-corrected chi connectivity index (χ4v) is 1.43. The first-order valence-corrected chi connectivity index (χ1v) is 5.48. The molecular weight excluding hydrogens is 290 g/mol. The molecule has 0 amide bonds. The van der Waals surface area contributed by atoms with Crippen LogP contribution >= 0.6 is 15.9 Å². The average molecular weight is 298 g/mol. The lowest BCUT2D eigenvalue weighted by Gasteiger charge is -2.02. The number of ether oxygens (including phenoxy) is 1. The molecule has 2 rings (SSSR count). The van der Waals surface area contributed by atoms with Crippen molar-refractivity contribution in [1.29, 1.82) is 0 Å². The number of carbonyl (C=O) groups is 1. The number of aromatic carboxylic acids is 1. The molecule has 0 bridgehead atoms. The van der Waals surface area contributed by atoms with Gasteiger partial charge in [0.2, 0.25) is 0 Å². The van der Waals surface area contributed by atoms with E-state index >= 15 is 0 Å². The molecule has 0 saturated carbocycles. The number of carboxylic acids is 1. The summed E-state index contributed by atoms with van der Waals surface area (Å²) in [7, 11) is 0. The molecule has 0 saturated heterocycles. The third-order valence-corrected chi connectivity index (χ3v) is 2.93. The zero-order valence-corrected chi connectivity index (χ0v) is 10.4. The number of aryl methyl sites for hydroxylation is 1. The number of aromatic nitrogens is 1. The summed E-state index contributed by atoms with van der Waals surface area (Å²) in [5.74, 6) is -0.625. The standard InChI is InChI=1S/C11H8BrNO4/c1-6-4-7(2-3-8(6)12)17-11-13-9(5-16-11)10(14)15/h2-5H,1H3,(H,14,15). The first-order valence-electron chi connectivity index (χ1n) is 4.69. The average Bonchev–Trinajstić information content (AvgIpc) is 2.72. The number of oxazole rings is 1. The van der Waals surface area contributed by atoms with Crippen LogP contribution in [0.3, 0.4) is 0 Å². The van der Waals surface area contributed by atoms with E-state index < -0.39 is 5.97 Å². The Morgan fingerprint density at radius 2 is 2.29 bits per heavy atom. The van der Waals surface area contributed by atoms with E-state index in [2.05, 4.69) is 20.9 Å². The minimum Gasteiger partial charge on any atom is -0.476 e. The summed E-state index contributed by atoms with van der Waals surface area (Å²) >= 11 is 3.37. The van der Waals surface area contributed by atoms with Crippen LogP contribution in [-0.2, 0) is 0 Å². The first-order chi connectivity index (χ1) is 8.06. The van der Waals surface area contributed by atoms with Gasteiger partial charge in [-0.3, -0.25) is 0 Å². The summed E-state index contributed by atoms with van der Waals surface area (Å²) in [6.45, 7) is 1.91. The number of hydrogen-bond acceptors (Lipinski definition) is 4. The third-order valence-electron chi connectivity index (χ3n) is 2.04. The molecule has 88 valence electrons. The van der Waals surface area contributed by atoms with Crippen LogP contribution in [0.4, 0.5) is 0 Å². The van der Waals surface area contributed by atoms with E-state index in [0.717, 1.165) is 16.3 Å². The highest BCUT2D eigenvalue weighted by Gasteiger charge is 2.12. The third kappa shape index (κ3) is 2.65. The van der Waals surface area contributed by atoms with Crippen molar-refractivity contribution in [3.05, 3.63) is 40.2 Å². The molecule has 1 aromatic carbocycles. The van der Waals surface area contributed by atoms with E-state index in [1.807, 2.05) is 13.0 Å². The first kappa shape index (κ1) is 11.7. The Labute approximate surface area is 105 Å². The molecule has 1 heterocycles. The van der Waals surface area contributed by atoms with E-state index in [0.29, 0.717) is 5.75 Å². The van der Waals surface area contributed by atoms with Crippen molar-refractivity contribution in [2.45, 2.75) is 6.92 Å². The predicted octanol–water partition coefficient (Wildman–Crippen LogP) is 3.24. The lowest BCUT2D eigenvalue weighted by molar-refractivity contribution is 0.0690. The van der Waals surface area contributed by atoms with Gasteiger partial charge in [0, 0.05) is 4.47 Å².